The number of rotatable bonds is 1. The van der Waals surface area contributed by atoms with Crippen molar-refractivity contribution in [1.29, 1.82) is 0 Å². The average molecular weight is 192 g/mol. The zero-order valence-corrected chi connectivity index (χ0v) is 8.53. The summed E-state index contributed by atoms with van der Waals surface area (Å²) in [5.74, 6) is 0.693. The van der Waals surface area contributed by atoms with E-state index in [1.165, 1.54) is 38.0 Å². The Bertz CT molecular complexity index is 338. The minimum atomic E-state index is 0.585. The zero-order chi connectivity index (χ0) is 9.60. The van der Waals surface area contributed by atoms with E-state index in [1.807, 2.05) is 13.2 Å². The van der Waals surface area contributed by atoms with E-state index in [0.717, 1.165) is 0 Å². The Balaban J connectivity index is 1.77. The Morgan fingerprint density at radius 2 is 2.29 bits per heavy atom. The fourth-order valence-electron chi connectivity index (χ4n) is 2.76. The molecular weight excluding hydrogens is 176 g/mol. The molecule has 76 valence electrons. The molecule has 0 aromatic carbocycles. The van der Waals surface area contributed by atoms with Gasteiger partial charge in [-0.2, -0.15) is 15.0 Å². The lowest BCUT2D eigenvalue weighted by atomic mass is 9.91. The molecule has 0 bridgehead atoms. The predicted molar refractivity (Wildman–Crippen MR) is 52.9 cm³/mol. The van der Waals surface area contributed by atoms with Gasteiger partial charge in [0, 0.05) is 13.0 Å². The first-order valence-corrected chi connectivity index (χ1v) is 5.37. The van der Waals surface area contributed by atoms with Gasteiger partial charge >= 0.3 is 0 Å². The van der Waals surface area contributed by atoms with Gasteiger partial charge < -0.3 is 5.32 Å². The SMILES string of the molecule is Cn1ncc(C2CC23CCNCC3)n1. The third-order valence-corrected chi connectivity index (χ3v) is 3.76. The lowest BCUT2D eigenvalue weighted by molar-refractivity contribution is 0.341. The van der Waals surface area contributed by atoms with Crippen LogP contribution in [0.3, 0.4) is 0 Å². The summed E-state index contributed by atoms with van der Waals surface area (Å²) in [5.41, 5.74) is 1.79. The molecule has 1 aliphatic heterocycles. The monoisotopic (exact) mass is 192 g/mol. The number of nitrogens with zero attached hydrogens (tertiary/aromatic N) is 3. The van der Waals surface area contributed by atoms with Gasteiger partial charge in [-0.05, 0) is 37.8 Å². The molecule has 0 amide bonds. The van der Waals surface area contributed by atoms with Gasteiger partial charge in [0.15, 0.2) is 0 Å². The van der Waals surface area contributed by atoms with Crippen molar-refractivity contribution in [3.63, 3.8) is 0 Å². The lowest BCUT2D eigenvalue weighted by Gasteiger charge is -2.22. The van der Waals surface area contributed by atoms with Crippen LogP contribution in [0.25, 0.3) is 0 Å². The van der Waals surface area contributed by atoms with Crippen LogP contribution in [-0.2, 0) is 7.05 Å². The van der Waals surface area contributed by atoms with Crippen LogP contribution in [0.5, 0.6) is 0 Å². The summed E-state index contributed by atoms with van der Waals surface area (Å²) in [5, 5.41) is 12.0. The van der Waals surface area contributed by atoms with Crippen molar-refractivity contribution in [2.75, 3.05) is 13.1 Å². The minimum absolute atomic E-state index is 0.585. The standard InChI is InChI=1S/C10H16N4/c1-14-12-7-9(13-14)8-6-10(8)2-4-11-5-3-10/h7-8,11H,2-6H2,1H3. The Hall–Kier alpha value is -0.900. The van der Waals surface area contributed by atoms with Gasteiger partial charge in [-0.3, -0.25) is 0 Å². The molecule has 1 unspecified atom stereocenters. The van der Waals surface area contributed by atoms with E-state index in [2.05, 4.69) is 15.5 Å². The summed E-state index contributed by atoms with van der Waals surface area (Å²) < 4.78 is 0. The van der Waals surface area contributed by atoms with Crippen molar-refractivity contribution in [1.82, 2.24) is 20.3 Å². The molecule has 14 heavy (non-hydrogen) atoms. The number of aromatic nitrogens is 3. The third-order valence-electron chi connectivity index (χ3n) is 3.76. The molecule has 2 heterocycles. The van der Waals surface area contributed by atoms with E-state index in [9.17, 15) is 0 Å². The van der Waals surface area contributed by atoms with Crippen molar-refractivity contribution in [2.45, 2.75) is 25.2 Å². The normalized spacial score (nSPS) is 29.4. The largest absolute Gasteiger partial charge is 0.317 e. The quantitative estimate of drug-likeness (QED) is 0.711. The molecule has 0 radical (unpaired) electrons. The first-order valence-electron chi connectivity index (χ1n) is 5.37. The van der Waals surface area contributed by atoms with Gasteiger partial charge in [-0.25, -0.2) is 0 Å². The average Bonchev–Trinajstić information content (AvgIpc) is 2.70. The van der Waals surface area contributed by atoms with E-state index in [0.29, 0.717) is 11.3 Å². The van der Waals surface area contributed by atoms with Gasteiger partial charge in [0.25, 0.3) is 0 Å². The van der Waals surface area contributed by atoms with Gasteiger partial charge in [0.1, 0.15) is 0 Å². The van der Waals surface area contributed by atoms with Crippen LogP contribution in [0.2, 0.25) is 0 Å². The van der Waals surface area contributed by atoms with E-state index in [4.69, 9.17) is 0 Å². The summed E-state index contributed by atoms with van der Waals surface area (Å²) in [6.07, 6.45) is 5.89. The van der Waals surface area contributed by atoms with Crippen LogP contribution in [0.4, 0.5) is 0 Å². The Labute approximate surface area is 83.7 Å². The van der Waals surface area contributed by atoms with Crippen LogP contribution < -0.4 is 5.32 Å². The first-order chi connectivity index (χ1) is 6.80. The Morgan fingerprint density at radius 1 is 1.50 bits per heavy atom. The fourth-order valence-corrected chi connectivity index (χ4v) is 2.76. The van der Waals surface area contributed by atoms with Crippen LogP contribution in [0.15, 0.2) is 6.20 Å². The maximum absolute atomic E-state index is 4.41. The fraction of sp³-hybridized carbons (Fsp3) is 0.800. The van der Waals surface area contributed by atoms with Crippen LogP contribution in [0.1, 0.15) is 30.9 Å². The van der Waals surface area contributed by atoms with Crippen LogP contribution in [-0.4, -0.2) is 28.1 Å². The molecule has 1 spiro atoms. The summed E-state index contributed by atoms with van der Waals surface area (Å²) in [4.78, 5) is 1.67. The molecule has 2 fully saturated rings. The highest BCUT2D eigenvalue weighted by Gasteiger charge is 2.55. The molecule has 4 nitrogen and oxygen atoms in total. The highest BCUT2D eigenvalue weighted by molar-refractivity contribution is 5.21. The van der Waals surface area contributed by atoms with Crippen molar-refractivity contribution >= 4 is 0 Å². The van der Waals surface area contributed by atoms with Gasteiger partial charge in [0.05, 0.1) is 11.9 Å². The van der Waals surface area contributed by atoms with E-state index < -0.39 is 0 Å². The minimum Gasteiger partial charge on any atom is -0.317 e. The molecule has 1 N–H and O–H groups in total. The highest BCUT2D eigenvalue weighted by Crippen LogP contribution is 2.63. The van der Waals surface area contributed by atoms with Crippen molar-refractivity contribution < 1.29 is 0 Å². The Kier molecular flexibility index (Phi) is 1.68. The number of hydrogen-bond donors (Lipinski definition) is 1. The molecule has 1 saturated carbocycles. The molecule has 1 aromatic heterocycles. The van der Waals surface area contributed by atoms with Crippen molar-refractivity contribution in [3.8, 4) is 0 Å². The van der Waals surface area contributed by atoms with Crippen LogP contribution >= 0.6 is 0 Å². The lowest BCUT2D eigenvalue weighted by Crippen LogP contribution is -2.29. The van der Waals surface area contributed by atoms with Crippen LogP contribution in [0, 0.1) is 5.41 Å². The molecule has 4 heteroatoms. The molecule has 1 aliphatic carbocycles. The van der Waals surface area contributed by atoms with E-state index in [1.54, 1.807) is 4.80 Å². The molecule has 1 saturated heterocycles. The van der Waals surface area contributed by atoms with E-state index in [-0.39, 0.29) is 0 Å². The Morgan fingerprint density at radius 3 is 2.93 bits per heavy atom. The zero-order valence-electron chi connectivity index (χ0n) is 8.53. The molecular formula is C10H16N4. The highest BCUT2D eigenvalue weighted by atomic mass is 15.4. The van der Waals surface area contributed by atoms with E-state index >= 15 is 0 Å². The van der Waals surface area contributed by atoms with Crippen molar-refractivity contribution in [2.24, 2.45) is 12.5 Å². The second kappa shape index (κ2) is 2.79. The van der Waals surface area contributed by atoms with Gasteiger partial charge in [0.2, 0.25) is 0 Å². The first kappa shape index (κ1) is 8.41. The number of nitrogens with one attached hydrogen (secondary N) is 1. The second-order valence-corrected chi connectivity index (χ2v) is 4.63. The second-order valence-electron chi connectivity index (χ2n) is 4.63. The summed E-state index contributed by atoms with van der Waals surface area (Å²) in [6.45, 7) is 2.35. The summed E-state index contributed by atoms with van der Waals surface area (Å²) in [6, 6.07) is 0. The summed E-state index contributed by atoms with van der Waals surface area (Å²) >= 11 is 0. The topological polar surface area (TPSA) is 42.7 Å². The number of hydrogen-bond acceptors (Lipinski definition) is 3. The van der Waals surface area contributed by atoms with Crippen molar-refractivity contribution in [3.05, 3.63) is 11.9 Å². The molecule has 1 atom stereocenters. The predicted octanol–water partition coefficient (Wildman–Crippen LogP) is 0.672. The number of piperidine rings is 1. The van der Waals surface area contributed by atoms with Gasteiger partial charge in [-0.1, -0.05) is 0 Å². The maximum Gasteiger partial charge on any atom is 0.0863 e. The number of aryl methyl sites for hydroxylation is 1. The van der Waals surface area contributed by atoms with Gasteiger partial charge in [-0.15, -0.1) is 0 Å². The maximum atomic E-state index is 4.41. The smallest absolute Gasteiger partial charge is 0.0863 e. The molecule has 3 rings (SSSR count). The molecule has 1 aromatic rings. The summed E-state index contributed by atoms with van der Waals surface area (Å²) in [7, 11) is 1.89. The molecule has 2 aliphatic rings. The third kappa shape index (κ3) is 1.17.